The van der Waals surface area contributed by atoms with Crippen LogP contribution in [0.5, 0.6) is 5.75 Å². The van der Waals surface area contributed by atoms with Gasteiger partial charge in [-0.05, 0) is 31.2 Å². The van der Waals surface area contributed by atoms with Crippen LogP contribution in [0.4, 0.5) is 0 Å². The average molecular weight is 445 g/mol. The molecule has 0 radical (unpaired) electrons. The van der Waals surface area contributed by atoms with Crippen molar-refractivity contribution in [3.63, 3.8) is 0 Å². The van der Waals surface area contributed by atoms with Gasteiger partial charge in [0.25, 0.3) is 0 Å². The van der Waals surface area contributed by atoms with Crippen LogP contribution < -0.4 is 4.74 Å². The van der Waals surface area contributed by atoms with Crippen molar-refractivity contribution in [3.05, 3.63) is 42.5 Å². The first-order chi connectivity index (χ1) is 15.8. The molecule has 0 aromatic heterocycles. The highest BCUT2D eigenvalue weighted by Gasteiger charge is 2.13. The van der Waals surface area contributed by atoms with E-state index in [4.69, 9.17) is 18.9 Å². The molecule has 0 saturated carbocycles. The van der Waals surface area contributed by atoms with Crippen molar-refractivity contribution in [2.45, 2.75) is 77.7 Å². The normalized spacial score (nSPS) is 12.3. The lowest BCUT2D eigenvalue weighted by Gasteiger charge is -2.20. The fraction of sp³-hybridized carbons (Fsp3) is 0.643. The highest BCUT2D eigenvalue weighted by molar-refractivity contribution is 5.88. The van der Waals surface area contributed by atoms with Gasteiger partial charge in [0.05, 0.1) is 33.0 Å². The minimum atomic E-state index is 0.0596. The molecule has 0 heterocycles. The first-order valence-corrected chi connectivity index (χ1v) is 12.7. The maximum absolute atomic E-state index is 6.46. The van der Waals surface area contributed by atoms with Crippen molar-refractivity contribution in [2.24, 2.45) is 0 Å². The van der Waals surface area contributed by atoms with Gasteiger partial charge in [0.2, 0.25) is 0 Å². The predicted octanol–water partition coefficient (Wildman–Crippen LogP) is 7.19. The van der Waals surface area contributed by atoms with Crippen molar-refractivity contribution in [2.75, 3.05) is 39.6 Å². The van der Waals surface area contributed by atoms with E-state index in [9.17, 15) is 0 Å². The van der Waals surface area contributed by atoms with Crippen LogP contribution >= 0.6 is 0 Å². The number of fused-ring (bicyclic) bond motifs is 1. The summed E-state index contributed by atoms with van der Waals surface area (Å²) in [7, 11) is 0. The second-order valence-corrected chi connectivity index (χ2v) is 8.36. The lowest BCUT2D eigenvalue weighted by molar-refractivity contribution is -0.00489. The van der Waals surface area contributed by atoms with Gasteiger partial charge < -0.3 is 18.9 Å². The molecule has 0 aliphatic heterocycles. The molecular weight excluding hydrogens is 400 g/mol. The van der Waals surface area contributed by atoms with Crippen molar-refractivity contribution >= 4 is 10.8 Å². The lowest BCUT2D eigenvalue weighted by atomic mass is 10.1. The Morgan fingerprint density at radius 2 is 1.31 bits per heavy atom. The van der Waals surface area contributed by atoms with E-state index in [1.54, 1.807) is 0 Å². The second-order valence-electron chi connectivity index (χ2n) is 8.36. The number of ether oxygens (including phenoxy) is 4. The van der Waals surface area contributed by atoms with Crippen LogP contribution in [0.1, 0.15) is 71.6 Å². The van der Waals surface area contributed by atoms with Crippen molar-refractivity contribution in [1.82, 2.24) is 0 Å². The molecule has 0 aliphatic rings. The number of unbranched alkanes of at least 4 members (excludes halogenated alkanes) is 7. The van der Waals surface area contributed by atoms with E-state index in [1.807, 2.05) is 6.92 Å². The molecule has 0 fully saturated rings. The summed E-state index contributed by atoms with van der Waals surface area (Å²) in [5.41, 5.74) is 0. The summed E-state index contributed by atoms with van der Waals surface area (Å²) in [5, 5.41) is 2.37. The average Bonchev–Trinajstić information content (AvgIpc) is 2.82. The van der Waals surface area contributed by atoms with Gasteiger partial charge in [0, 0.05) is 12.0 Å². The van der Waals surface area contributed by atoms with Crippen molar-refractivity contribution in [1.29, 1.82) is 0 Å². The van der Waals surface area contributed by atoms with E-state index in [1.165, 1.54) is 56.8 Å². The molecule has 2 rings (SSSR count). The Labute approximate surface area is 195 Å². The van der Waals surface area contributed by atoms with Gasteiger partial charge in [0.1, 0.15) is 11.9 Å². The molecule has 0 saturated heterocycles. The number of hydrogen-bond donors (Lipinski definition) is 0. The summed E-state index contributed by atoms with van der Waals surface area (Å²) in [5.74, 6) is 0.948. The SMILES string of the molecule is CCCCCCCCCCC(COCCOCCOCC)Oc1cccc2ccccc12. The maximum atomic E-state index is 6.46. The Kier molecular flexibility index (Phi) is 14.9. The Bertz CT molecular complexity index is 677. The standard InChI is InChI=1S/C28H44O4/c1-3-5-6-7-8-9-10-11-17-26(24-31-23-22-30-21-20-29-4-2)32-28-19-14-16-25-15-12-13-18-27(25)28/h12-16,18-19,26H,3-11,17,20-24H2,1-2H3. The zero-order valence-corrected chi connectivity index (χ0v) is 20.4. The monoisotopic (exact) mass is 444 g/mol. The highest BCUT2D eigenvalue weighted by atomic mass is 16.6. The zero-order valence-electron chi connectivity index (χ0n) is 20.4. The topological polar surface area (TPSA) is 36.9 Å². The van der Waals surface area contributed by atoms with Crippen LogP contribution in [0.15, 0.2) is 42.5 Å². The molecule has 32 heavy (non-hydrogen) atoms. The quantitative estimate of drug-likeness (QED) is 0.203. The van der Waals surface area contributed by atoms with Crippen LogP contribution in [0.2, 0.25) is 0 Å². The van der Waals surface area contributed by atoms with Gasteiger partial charge in [-0.25, -0.2) is 0 Å². The molecule has 0 aliphatic carbocycles. The zero-order chi connectivity index (χ0) is 22.7. The van der Waals surface area contributed by atoms with E-state index in [2.05, 4.69) is 49.4 Å². The summed E-state index contributed by atoms with van der Waals surface area (Å²) >= 11 is 0. The van der Waals surface area contributed by atoms with E-state index in [0.717, 1.165) is 24.2 Å². The molecule has 0 amide bonds. The molecular formula is C28H44O4. The minimum Gasteiger partial charge on any atom is -0.487 e. The number of hydrogen-bond acceptors (Lipinski definition) is 4. The molecule has 4 nitrogen and oxygen atoms in total. The molecule has 0 spiro atoms. The van der Waals surface area contributed by atoms with Crippen molar-refractivity contribution in [3.8, 4) is 5.75 Å². The maximum Gasteiger partial charge on any atom is 0.127 e. The molecule has 2 aromatic rings. The third kappa shape index (κ3) is 11.3. The Balaban J connectivity index is 1.77. The predicted molar refractivity (Wildman–Crippen MR) is 134 cm³/mol. The Morgan fingerprint density at radius 3 is 2.09 bits per heavy atom. The van der Waals surface area contributed by atoms with Crippen molar-refractivity contribution < 1.29 is 18.9 Å². The highest BCUT2D eigenvalue weighted by Crippen LogP contribution is 2.27. The summed E-state index contributed by atoms with van der Waals surface area (Å²) in [6.45, 7) is 8.01. The van der Waals surface area contributed by atoms with Crippen LogP contribution in [0.3, 0.4) is 0 Å². The Hall–Kier alpha value is -1.62. The smallest absolute Gasteiger partial charge is 0.127 e. The fourth-order valence-electron chi connectivity index (χ4n) is 3.86. The molecule has 0 N–H and O–H groups in total. The molecule has 4 heteroatoms. The molecule has 2 aromatic carbocycles. The van der Waals surface area contributed by atoms with E-state index >= 15 is 0 Å². The Morgan fingerprint density at radius 1 is 0.656 bits per heavy atom. The van der Waals surface area contributed by atoms with E-state index in [0.29, 0.717) is 33.0 Å². The summed E-state index contributed by atoms with van der Waals surface area (Å²) in [4.78, 5) is 0. The van der Waals surface area contributed by atoms with E-state index < -0.39 is 0 Å². The van der Waals surface area contributed by atoms with Gasteiger partial charge in [-0.2, -0.15) is 0 Å². The van der Waals surface area contributed by atoms with E-state index in [-0.39, 0.29) is 6.10 Å². The molecule has 0 bridgehead atoms. The molecule has 180 valence electrons. The largest absolute Gasteiger partial charge is 0.487 e. The number of benzene rings is 2. The first kappa shape index (κ1) is 26.6. The summed E-state index contributed by atoms with van der Waals surface area (Å²) < 4.78 is 23.2. The van der Waals surface area contributed by atoms with Crippen LogP contribution in [-0.2, 0) is 14.2 Å². The van der Waals surface area contributed by atoms with Crippen LogP contribution in [0.25, 0.3) is 10.8 Å². The van der Waals surface area contributed by atoms with Gasteiger partial charge in [-0.3, -0.25) is 0 Å². The molecule has 1 unspecified atom stereocenters. The third-order valence-electron chi connectivity index (χ3n) is 5.67. The first-order valence-electron chi connectivity index (χ1n) is 12.7. The third-order valence-corrected chi connectivity index (χ3v) is 5.67. The van der Waals surface area contributed by atoms with Crippen LogP contribution in [0, 0.1) is 0 Å². The summed E-state index contributed by atoms with van der Waals surface area (Å²) in [6.07, 6.45) is 11.6. The van der Waals surface area contributed by atoms with Gasteiger partial charge in [-0.1, -0.05) is 88.3 Å². The summed E-state index contributed by atoms with van der Waals surface area (Å²) in [6, 6.07) is 14.7. The molecule has 1 atom stereocenters. The number of rotatable bonds is 20. The van der Waals surface area contributed by atoms with Gasteiger partial charge >= 0.3 is 0 Å². The van der Waals surface area contributed by atoms with Gasteiger partial charge in [-0.15, -0.1) is 0 Å². The van der Waals surface area contributed by atoms with Crippen LogP contribution in [-0.4, -0.2) is 45.7 Å². The fourth-order valence-corrected chi connectivity index (χ4v) is 3.86. The van der Waals surface area contributed by atoms with Gasteiger partial charge in [0.15, 0.2) is 0 Å². The lowest BCUT2D eigenvalue weighted by Crippen LogP contribution is -2.24. The minimum absolute atomic E-state index is 0.0596. The second kappa shape index (κ2) is 17.9.